The van der Waals surface area contributed by atoms with Crippen LogP contribution in [-0.2, 0) is 0 Å². The average Bonchev–Trinajstić information content (AvgIpc) is 2.49. The molecule has 1 aromatic rings. The summed E-state index contributed by atoms with van der Waals surface area (Å²) in [4.78, 5) is 14.0. The first kappa shape index (κ1) is 15.3. The molecule has 1 saturated heterocycles. The molecule has 0 saturated carbocycles. The lowest BCUT2D eigenvalue weighted by Crippen LogP contribution is -2.44. The number of carbonyl (C=O) groups excluding carboxylic acids is 1. The fourth-order valence-electron chi connectivity index (χ4n) is 2.65. The number of aliphatic hydroxyl groups is 1. The standard InChI is InChI=1S/C15H19ClFNO2/c1-2-15(10-19)6-8-18(9-7-15)14(20)11-4-3-5-12(16)13(11)17/h3-5,19H,2,6-10H2,1H3. The third-order valence-electron chi connectivity index (χ3n) is 4.38. The van der Waals surface area contributed by atoms with E-state index in [2.05, 4.69) is 0 Å². The molecule has 1 aliphatic heterocycles. The quantitative estimate of drug-likeness (QED) is 0.931. The van der Waals surface area contributed by atoms with E-state index in [-0.39, 0.29) is 28.5 Å². The topological polar surface area (TPSA) is 40.5 Å². The predicted octanol–water partition coefficient (Wildman–Crippen LogP) is 3.10. The van der Waals surface area contributed by atoms with Crippen LogP contribution in [0.4, 0.5) is 4.39 Å². The highest BCUT2D eigenvalue weighted by atomic mass is 35.5. The molecule has 0 spiro atoms. The van der Waals surface area contributed by atoms with Gasteiger partial charge in [-0.1, -0.05) is 24.6 Å². The van der Waals surface area contributed by atoms with E-state index in [1.165, 1.54) is 12.1 Å². The van der Waals surface area contributed by atoms with Gasteiger partial charge in [-0.3, -0.25) is 4.79 Å². The highest BCUT2D eigenvalue weighted by Crippen LogP contribution is 2.34. The van der Waals surface area contributed by atoms with Crippen LogP contribution < -0.4 is 0 Å². The van der Waals surface area contributed by atoms with Crippen molar-refractivity contribution in [3.63, 3.8) is 0 Å². The first-order valence-corrected chi connectivity index (χ1v) is 7.25. The molecule has 20 heavy (non-hydrogen) atoms. The highest BCUT2D eigenvalue weighted by Gasteiger charge is 2.34. The van der Waals surface area contributed by atoms with Crippen molar-refractivity contribution in [1.29, 1.82) is 0 Å². The zero-order valence-electron chi connectivity index (χ0n) is 11.5. The first-order valence-electron chi connectivity index (χ1n) is 6.87. The maximum Gasteiger partial charge on any atom is 0.256 e. The van der Waals surface area contributed by atoms with Crippen molar-refractivity contribution in [1.82, 2.24) is 4.90 Å². The number of aliphatic hydroxyl groups excluding tert-OH is 1. The van der Waals surface area contributed by atoms with E-state index in [1.807, 2.05) is 6.92 Å². The number of benzene rings is 1. The minimum absolute atomic E-state index is 0.0190. The van der Waals surface area contributed by atoms with Gasteiger partial charge in [0.15, 0.2) is 5.82 Å². The average molecular weight is 300 g/mol. The molecule has 3 nitrogen and oxygen atoms in total. The Balaban J connectivity index is 2.11. The summed E-state index contributed by atoms with van der Waals surface area (Å²) in [5.41, 5.74) is -0.0746. The van der Waals surface area contributed by atoms with E-state index in [4.69, 9.17) is 11.6 Å². The SMILES string of the molecule is CCC1(CO)CCN(C(=O)c2cccc(Cl)c2F)CC1. The number of hydrogen-bond acceptors (Lipinski definition) is 2. The summed E-state index contributed by atoms with van der Waals surface area (Å²) >= 11 is 5.71. The molecular weight excluding hydrogens is 281 g/mol. The van der Waals surface area contributed by atoms with Crippen molar-refractivity contribution in [2.75, 3.05) is 19.7 Å². The van der Waals surface area contributed by atoms with Crippen molar-refractivity contribution >= 4 is 17.5 Å². The van der Waals surface area contributed by atoms with Crippen LogP contribution in [0.25, 0.3) is 0 Å². The number of likely N-dealkylation sites (tertiary alicyclic amines) is 1. The number of piperidine rings is 1. The van der Waals surface area contributed by atoms with E-state index in [9.17, 15) is 14.3 Å². The zero-order chi connectivity index (χ0) is 14.8. The van der Waals surface area contributed by atoms with E-state index in [1.54, 1.807) is 11.0 Å². The van der Waals surface area contributed by atoms with Crippen LogP contribution in [0.3, 0.4) is 0 Å². The summed E-state index contributed by atoms with van der Waals surface area (Å²) in [7, 11) is 0. The van der Waals surface area contributed by atoms with Crippen molar-refractivity contribution in [3.05, 3.63) is 34.6 Å². The van der Waals surface area contributed by atoms with Gasteiger partial charge in [0, 0.05) is 19.7 Å². The van der Waals surface area contributed by atoms with Crippen molar-refractivity contribution in [2.45, 2.75) is 26.2 Å². The van der Waals surface area contributed by atoms with Gasteiger partial charge in [0.25, 0.3) is 5.91 Å². The van der Waals surface area contributed by atoms with Gasteiger partial charge in [-0.25, -0.2) is 4.39 Å². The molecule has 110 valence electrons. The molecule has 0 bridgehead atoms. The van der Waals surface area contributed by atoms with E-state index >= 15 is 0 Å². The summed E-state index contributed by atoms with van der Waals surface area (Å²) in [6, 6.07) is 4.46. The van der Waals surface area contributed by atoms with Crippen molar-refractivity contribution in [2.24, 2.45) is 5.41 Å². The Morgan fingerprint density at radius 1 is 1.45 bits per heavy atom. The van der Waals surface area contributed by atoms with Gasteiger partial charge < -0.3 is 10.0 Å². The maximum atomic E-state index is 13.9. The number of halogens is 2. The van der Waals surface area contributed by atoms with Gasteiger partial charge in [-0.15, -0.1) is 0 Å². The normalized spacial score (nSPS) is 18.1. The Morgan fingerprint density at radius 2 is 2.10 bits per heavy atom. The summed E-state index contributed by atoms with van der Waals surface area (Å²) in [5.74, 6) is -0.985. The van der Waals surface area contributed by atoms with E-state index in [0.717, 1.165) is 19.3 Å². The van der Waals surface area contributed by atoms with Gasteiger partial charge >= 0.3 is 0 Å². The maximum absolute atomic E-state index is 13.9. The number of rotatable bonds is 3. The summed E-state index contributed by atoms with van der Waals surface area (Å²) in [5, 5.41) is 9.45. The predicted molar refractivity (Wildman–Crippen MR) is 76.4 cm³/mol. The molecule has 1 amide bonds. The molecular formula is C15H19ClFNO2. The summed E-state index contributed by atoms with van der Waals surface area (Å²) in [6.45, 7) is 3.26. The third-order valence-corrected chi connectivity index (χ3v) is 4.67. The van der Waals surface area contributed by atoms with Crippen LogP contribution in [-0.4, -0.2) is 35.6 Å². The van der Waals surface area contributed by atoms with Gasteiger partial charge in [0.2, 0.25) is 0 Å². The summed E-state index contributed by atoms with van der Waals surface area (Å²) in [6.07, 6.45) is 2.37. The number of nitrogens with zero attached hydrogens (tertiary/aromatic N) is 1. The van der Waals surface area contributed by atoms with Crippen LogP contribution in [0.2, 0.25) is 5.02 Å². The Morgan fingerprint density at radius 3 is 2.65 bits per heavy atom. The summed E-state index contributed by atoms with van der Waals surface area (Å²) < 4.78 is 13.9. The molecule has 0 unspecified atom stereocenters. The Kier molecular flexibility index (Phi) is 4.66. The van der Waals surface area contributed by atoms with E-state index in [0.29, 0.717) is 13.1 Å². The smallest absolute Gasteiger partial charge is 0.256 e. The molecule has 0 aromatic heterocycles. The molecule has 1 heterocycles. The van der Waals surface area contributed by atoms with Gasteiger partial charge in [0.1, 0.15) is 0 Å². The minimum atomic E-state index is -0.659. The molecule has 0 radical (unpaired) electrons. The van der Waals surface area contributed by atoms with Crippen molar-refractivity contribution < 1.29 is 14.3 Å². The number of hydrogen-bond donors (Lipinski definition) is 1. The lowest BCUT2D eigenvalue weighted by molar-refractivity contribution is 0.0335. The lowest BCUT2D eigenvalue weighted by Gasteiger charge is -2.40. The largest absolute Gasteiger partial charge is 0.396 e. The molecule has 0 atom stereocenters. The van der Waals surface area contributed by atoms with E-state index < -0.39 is 5.82 Å². The molecule has 1 aliphatic rings. The first-order chi connectivity index (χ1) is 9.53. The lowest BCUT2D eigenvalue weighted by atomic mass is 9.77. The van der Waals surface area contributed by atoms with Crippen LogP contribution in [0.15, 0.2) is 18.2 Å². The van der Waals surface area contributed by atoms with Gasteiger partial charge in [-0.05, 0) is 36.8 Å². The van der Waals surface area contributed by atoms with Crippen LogP contribution in [0.5, 0.6) is 0 Å². The van der Waals surface area contributed by atoms with Gasteiger partial charge in [0.05, 0.1) is 10.6 Å². The fraction of sp³-hybridized carbons (Fsp3) is 0.533. The monoisotopic (exact) mass is 299 g/mol. The third kappa shape index (κ3) is 2.81. The second kappa shape index (κ2) is 6.10. The Labute approximate surface area is 123 Å². The molecule has 5 heteroatoms. The zero-order valence-corrected chi connectivity index (χ0v) is 12.3. The van der Waals surface area contributed by atoms with Crippen LogP contribution in [0, 0.1) is 11.2 Å². The van der Waals surface area contributed by atoms with Crippen LogP contribution >= 0.6 is 11.6 Å². The molecule has 1 aromatic carbocycles. The highest BCUT2D eigenvalue weighted by molar-refractivity contribution is 6.31. The van der Waals surface area contributed by atoms with Crippen LogP contribution in [0.1, 0.15) is 36.5 Å². The Hall–Kier alpha value is -1.13. The molecule has 1 N–H and O–H groups in total. The number of amides is 1. The van der Waals surface area contributed by atoms with Crippen molar-refractivity contribution in [3.8, 4) is 0 Å². The second-order valence-corrected chi connectivity index (χ2v) is 5.81. The molecule has 2 rings (SSSR count). The fourth-order valence-corrected chi connectivity index (χ4v) is 2.82. The molecule has 0 aliphatic carbocycles. The minimum Gasteiger partial charge on any atom is -0.396 e. The Bertz CT molecular complexity index is 493. The number of carbonyl (C=O) groups is 1. The molecule has 1 fully saturated rings. The second-order valence-electron chi connectivity index (χ2n) is 5.41. The van der Waals surface area contributed by atoms with Gasteiger partial charge in [-0.2, -0.15) is 0 Å².